The Morgan fingerprint density at radius 2 is 1.76 bits per heavy atom. The predicted octanol–water partition coefficient (Wildman–Crippen LogP) is 3.32. The van der Waals surface area contributed by atoms with Crippen LogP contribution in [0.3, 0.4) is 0 Å². The van der Waals surface area contributed by atoms with Crippen molar-refractivity contribution >= 4 is 34.4 Å². The number of nitrogens with two attached hydrogens (primary N) is 2. The number of hydrogen-bond acceptors (Lipinski definition) is 5. The highest BCUT2D eigenvalue weighted by Gasteiger charge is 2.37. The average Bonchev–Trinajstić information content (AvgIpc) is 3.40. The van der Waals surface area contributed by atoms with Gasteiger partial charge in [-0.05, 0) is 37.5 Å². The molecule has 0 unspecified atom stereocenters. The van der Waals surface area contributed by atoms with Gasteiger partial charge in [0.25, 0.3) is 0 Å². The first-order valence-electron chi connectivity index (χ1n) is 11.4. The second kappa shape index (κ2) is 10.4. The van der Waals surface area contributed by atoms with E-state index in [2.05, 4.69) is 5.32 Å². The van der Waals surface area contributed by atoms with Crippen molar-refractivity contribution < 1.29 is 19.1 Å². The number of likely N-dealkylation sites (tertiary alicyclic amines) is 1. The maximum absolute atomic E-state index is 13.1. The molecule has 0 bridgehead atoms. The van der Waals surface area contributed by atoms with Crippen LogP contribution in [0, 0.1) is 0 Å². The van der Waals surface area contributed by atoms with E-state index in [9.17, 15) is 14.4 Å². The molecule has 0 aliphatic carbocycles. The summed E-state index contributed by atoms with van der Waals surface area (Å²) in [6.07, 6.45) is 3.66. The number of aromatic nitrogens is 1. The number of unbranched alkanes of at least 4 members (excludes halogenated alkanes) is 1. The van der Waals surface area contributed by atoms with Crippen LogP contribution >= 0.6 is 0 Å². The summed E-state index contributed by atoms with van der Waals surface area (Å²) >= 11 is 0. The van der Waals surface area contributed by atoms with Gasteiger partial charge in [0, 0.05) is 30.6 Å². The average molecular weight is 464 g/mol. The van der Waals surface area contributed by atoms with Gasteiger partial charge in [-0.2, -0.15) is 0 Å². The molecular formula is C25H29N5O4. The maximum Gasteiger partial charge on any atom is 0.323 e. The molecule has 3 amide bonds. The monoisotopic (exact) mass is 463 g/mol. The standard InChI is InChI=1S/C25H29N5O4/c26-17-14-22(23(31)12-6-7-13-34-18-8-2-1-3-9-18)30(15-17)25(33)28-20-16-29(24(27)32)21-11-5-4-10-19(20)21/h1-5,8-11,16-17,22H,6-7,12-15,26H2,(H2,27,32)(H,28,33)/t17-,22-/m0/s1. The number of para-hydroxylation sites is 2. The number of benzene rings is 2. The molecule has 4 rings (SSSR count). The highest BCUT2D eigenvalue weighted by atomic mass is 16.5. The Labute approximate surface area is 197 Å². The number of anilines is 1. The quantitative estimate of drug-likeness (QED) is 0.441. The third kappa shape index (κ3) is 5.20. The van der Waals surface area contributed by atoms with Gasteiger partial charge in [-0.15, -0.1) is 0 Å². The van der Waals surface area contributed by atoms with Crippen molar-refractivity contribution in [1.29, 1.82) is 0 Å². The first kappa shape index (κ1) is 23.3. The number of urea groups is 1. The van der Waals surface area contributed by atoms with Crippen molar-refractivity contribution in [3.8, 4) is 5.75 Å². The number of hydrogen-bond donors (Lipinski definition) is 3. The first-order valence-corrected chi connectivity index (χ1v) is 11.4. The minimum Gasteiger partial charge on any atom is -0.494 e. The van der Waals surface area contributed by atoms with Crippen molar-refractivity contribution in [2.24, 2.45) is 11.5 Å². The molecule has 34 heavy (non-hydrogen) atoms. The van der Waals surface area contributed by atoms with Gasteiger partial charge < -0.3 is 26.4 Å². The zero-order valence-corrected chi connectivity index (χ0v) is 18.9. The lowest BCUT2D eigenvalue weighted by Crippen LogP contribution is -2.43. The van der Waals surface area contributed by atoms with Crippen LogP contribution in [0.1, 0.15) is 25.7 Å². The largest absolute Gasteiger partial charge is 0.494 e. The summed E-state index contributed by atoms with van der Waals surface area (Å²) < 4.78 is 6.95. The lowest BCUT2D eigenvalue weighted by Gasteiger charge is -2.23. The van der Waals surface area contributed by atoms with Gasteiger partial charge in [0.1, 0.15) is 5.75 Å². The van der Waals surface area contributed by atoms with Gasteiger partial charge in [-0.3, -0.25) is 9.36 Å². The Kier molecular flexibility index (Phi) is 7.12. The molecule has 1 aromatic heterocycles. The fourth-order valence-corrected chi connectivity index (χ4v) is 4.32. The zero-order valence-electron chi connectivity index (χ0n) is 18.9. The fraction of sp³-hybridized carbons (Fsp3) is 0.320. The molecular weight excluding hydrogens is 434 g/mol. The van der Waals surface area contributed by atoms with E-state index in [1.807, 2.05) is 36.4 Å². The number of carbonyl (C=O) groups is 3. The molecule has 2 aromatic carbocycles. The Bertz CT molecular complexity index is 1180. The molecule has 178 valence electrons. The molecule has 0 spiro atoms. The maximum atomic E-state index is 13.1. The molecule has 1 fully saturated rings. The number of nitrogens with zero attached hydrogens (tertiary/aromatic N) is 2. The van der Waals surface area contributed by atoms with Crippen molar-refractivity contribution in [2.75, 3.05) is 18.5 Å². The van der Waals surface area contributed by atoms with Crippen LogP contribution < -0.4 is 21.5 Å². The number of nitrogens with one attached hydrogen (secondary N) is 1. The third-order valence-corrected chi connectivity index (χ3v) is 5.99. The molecule has 5 N–H and O–H groups in total. The molecule has 1 aliphatic rings. The van der Waals surface area contributed by atoms with Gasteiger partial charge in [-0.1, -0.05) is 36.4 Å². The second-order valence-corrected chi connectivity index (χ2v) is 8.45. The van der Waals surface area contributed by atoms with Gasteiger partial charge in [0.2, 0.25) is 0 Å². The molecule has 1 saturated heterocycles. The van der Waals surface area contributed by atoms with E-state index < -0.39 is 18.1 Å². The number of ketones is 1. The predicted molar refractivity (Wildman–Crippen MR) is 130 cm³/mol. The van der Waals surface area contributed by atoms with Crippen molar-refractivity contribution in [2.45, 2.75) is 37.8 Å². The molecule has 1 aliphatic heterocycles. The van der Waals surface area contributed by atoms with Gasteiger partial charge in [0.05, 0.1) is 23.9 Å². The van der Waals surface area contributed by atoms with Crippen LogP contribution in [0.2, 0.25) is 0 Å². The van der Waals surface area contributed by atoms with E-state index in [1.165, 1.54) is 15.7 Å². The molecule has 2 atom stereocenters. The van der Waals surface area contributed by atoms with Crippen LogP contribution in [0.5, 0.6) is 5.75 Å². The Morgan fingerprint density at radius 1 is 1.03 bits per heavy atom. The zero-order chi connectivity index (χ0) is 24.1. The number of primary amides is 1. The molecule has 2 heterocycles. The van der Waals surface area contributed by atoms with E-state index >= 15 is 0 Å². The number of rotatable bonds is 8. The number of carbonyl (C=O) groups excluding carboxylic acids is 3. The van der Waals surface area contributed by atoms with Crippen molar-refractivity contribution in [1.82, 2.24) is 9.47 Å². The van der Waals surface area contributed by atoms with E-state index in [0.717, 1.165) is 12.2 Å². The summed E-state index contributed by atoms with van der Waals surface area (Å²) in [4.78, 5) is 39.3. The molecule has 0 saturated carbocycles. The normalized spacial score (nSPS) is 17.6. The van der Waals surface area contributed by atoms with E-state index in [4.69, 9.17) is 16.2 Å². The highest BCUT2D eigenvalue weighted by molar-refractivity contribution is 6.05. The minimum absolute atomic E-state index is 0.0117. The summed E-state index contributed by atoms with van der Waals surface area (Å²) in [7, 11) is 0. The number of ether oxygens (including phenoxy) is 1. The summed E-state index contributed by atoms with van der Waals surface area (Å²) in [5.74, 6) is 0.790. The number of Topliss-reactive ketones (excluding diaryl/α,β-unsaturated/α-hetero) is 1. The summed E-state index contributed by atoms with van der Waals surface area (Å²) in [6, 6.07) is 14.7. The van der Waals surface area contributed by atoms with Crippen LogP contribution in [0.4, 0.5) is 15.3 Å². The van der Waals surface area contributed by atoms with E-state index in [1.54, 1.807) is 18.2 Å². The first-order chi connectivity index (χ1) is 16.4. The molecule has 3 aromatic rings. The van der Waals surface area contributed by atoms with Crippen molar-refractivity contribution in [3.05, 3.63) is 60.8 Å². The Hall–Kier alpha value is -3.85. The highest BCUT2D eigenvalue weighted by Crippen LogP contribution is 2.27. The fourth-order valence-electron chi connectivity index (χ4n) is 4.32. The SMILES string of the molecule is NC(=O)n1cc(NC(=O)N2C[C@@H](N)C[C@H]2C(=O)CCCCOc2ccccc2)c2ccccc21. The van der Waals surface area contributed by atoms with Crippen LogP contribution in [-0.2, 0) is 4.79 Å². The minimum atomic E-state index is -0.649. The summed E-state index contributed by atoms with van der Waals surface area (Å²) in [6.45, 7) is 0.809. The number of amides is 3. The number of fused-ring (bicyclic) bond motifs is 1. The molecule has 0 radical (unpaired) electrons. The smallest absolute Gasteiger partial charge is 0.323 e. The lowest BCUT2D eigenvalue weighted by atomic mass is 10.0. The molecule has 9 heteroatoms. The van der Waals surface area contributed by atoms with Crippen LogP contribution in [0.15, 0.2) is 60.8 Å². The summed E-state index contributed by atoms with van der Waals surface area (Å²) in [5.41, 5.74) is 12.6. The van der Waals surface area contributed by atoms with E-state index in [-0.39, 0.29) is 18.4 Å². The second-order valence-electron chi connectivity index (χ2n) is 8.45. The van der Waals surface area contributed by atoms with Gasteiger partial charge >= 0.3 is 12.1 Å². The summed E-state index contributed by atoms with van der Waals surface area (Å²) in [5, 5.41) is 3.51. The Morgan fingerprint density at radius 3 is 2.53 bits per heavy atom. The van der Waals surface area contributed by atoms with Crippen LogP contribution in [-0.4, -0.2) is 52.5 Å². The van der Waals surface area contributed by atoms with Crippen LogP contribution in [0.25, 0.3) is 10.9 Å². The van der Waals surface area contributed by atoms with E-state index in [0.29, 0.717) is 42.5 Å². The lowest BCUT2D eigenvalue weighted by molar-refractivity contribution is -0.122. The Balaban J connectivity index is 1.35. The molecule has 9 nitrogen and oxygen atoms in total. The third-order valence-electron chi connectivity index (χ3n) is 5.99. The van der Waals surface area contributed by atoms with Crippen molar-refractivity contribution in [3.63, 3.8) is 0 Å². The topological polar surface area (TPSA) is 133 Å². The van der Waals surface area contributed by atoms with Gasteiger partial charge in [0.15, 0.2) is 5.78 Å². The van der Waals surface area contributed by atoms with Gasteiger partial charge in [-0.25, -0.2) is 9.59 Å².